The van der Waals surface area contributed by atoms with Gasteiger partial charge in [-0.2, -0.15) is 5.10 Å². The first-order valence-electron chi connectivity index (χ1n) is 7.53. The molecule has 118 valence electrons. The number of pyridine rings is 1. The number of carbonyl (C=O) groups is 1. The van der Waals surface area contributed by atoms with Gasteiger partial charge in [-0.15, -0.1) is 0 Å². The SMILES string of the molecule is CCCc1occc1C(=O)Nc1n[nH]c(C)c1-c1ccncc1. The van der Waals surface area contributed by atoms with Crippen molar-refractivity contribution >= 4 is 11.7 Å². The maximum absolute atomic E-state index is 12.5. The van der Waals surface area contributed by atoms with Crippen molar-refractivity contribution in [3.05, 3.63) is 53.9 Å². The van der Waals surface area contributed by atoms with Crippen molar-refractivity contribution in [1.82, 2.24) is 15.2 Å². The fraction of sp³-hybridized carbons (Fsp3) is 0.235. The lowest BCUT2D eigenvalue weighted by Gasteiger charge is -2.06. The van der Waals surface area contributed by atoms with Crippen molar-refractivity contribution in [3.8, 4) is 11.1 Å². The molecule has 3 aromatic rings. The summed E-state index contributed by atoms with van der Waals surface area (Å²) in [6, 6.07) is 5.45. The average molecular weight is 310 g/mol. The van der Waals surface area contributed by atoms with Gasteiger partial charge in [0.05, 0.1) is 11.8 Å². The van der Waals surface area contributed by atoms with E-state index in [1.807, 2.05) is 26.0 Å². The van der Waals surface area contributed by atoms with Crippen LogP contribution in [0.4, 0.5) is 5.82 Å². The van der Waals surface area contributed by atoms with Crippen molar-refractivity contribution in [2.24, 2.45) is 0 Å². The molecule has 3 aromatic heterocycles. The van der Waals surface area contributed by atoms with Crippen molar-refractivity contribution in [3.63, 3.8) is 0 Å². The smallest absolute Gasteiger partial charge is 0.260 e. The van der Waals surface area contributed by atoms with Crippen LogP contribution >= 0.6 is 0 Å². The van der Waals surface area contributed by atoms with E-state index in [4.69, 9.17) is 4.42 Å². The molecule has 1 amide bonds. The molecule has 23 heavy (non-hydrogen) atoms. The Morgan fingerprint density at radius 2 is 2.09 bits per heavy atom. The number of furan rings is 1. The van der Waals surface area contributed by atoms with Gasteiger partial charge in [0.2, 0.25) is 0 Å². The number of anilines is 1. The Labute approximate surface area is 133 Å². The van der Waals surface area contributed by atoms with Crippen LogP contribution in [0.5, 0.6) is 0 Å². The first-order chi connectivity index (χ1) is 11.2. The summed E-state index contributed by atoms with van der Waals surface area (Å²) in [7, 11) is 0. The van der Waals surface area contributed by atoms with Crippen LogP contribution < -0.4 is 5.32 Å². The van der Waals surface area contributed by atoms with Crippen LogP contribution in [0.15, 0.2) is 41.3 Å². The van der Waals surface area contributed by atoms with Gasteiger partial charge in [0.1, 0.15) is 5.76 Å². The molecule has 0 fully saturated rings. The molecule has 6 heteroatoms. The Balaban J connectivity index is 1.89. The highest BCUT2D eigenvalue weighted by molar-refractivity contribution is 6.06. The van der Waals surface area contributed by atoms with E-state index >= 15 is 0 Å². The second kappa shape index (κ2) is 6.48. The second-order valence-corrected chi connectivity index (χ2v) is 5.27. The normalized spacial score (nSPS) is 10.7. The number of H-pyrrole nitrogens is 1. The molecule has 0 saturated heterocycles. The molecule has 0 spiro atoms. The molecule has 0 unspecified atom stereocenters. The summed E-state index contributed by atoms with van der Waals surface area (Å²) < 4.78 is 5.39. The lowest BCUT2D eigenvalue weighted by atomic mass is 10.1. The van der Waals surface area contributed by atoms with Gasteiger partial charge in [-0.25, -0.2) is 0 Å². The molecule has 0 atom stereocenters. The minimum absolute atomic E-state index is 0.219. The van der Waals surface area contributed by atoms with Crippen LogP contribution in [0.25, 0.3) is 11.1 Å². The van der Waals surface area contributed by atoms with Gasteiger partial charge in [0.15, 0.2) is 5.82 Å². The Morgan fingerprint density at radius 3 is 2.83 bits per heavy atom. The maximum atomic E-state index is 12.5. The molecular formula is C17H18N4O2. The van der Waals surface area contributed by atoms with Crippen LogP contribution in [0.2, 0.25) is 0 Å². The molecule has 0 radical (unpaired) electrons. The van der Waals surface area contributed by atoms with E-state index in [2.05, 4.69) is 20.5 Å². The van der Waals surface area contributed by atoms with Crippen LogP contribution in [-0.4, -0.2) is 21.1 Å². The van der Waals surface area contributed by atoms with E-state index in [1.54, 1.807) is 24.7 Å². The largest absolute Gasteiger partial charge is 0.469 e. The van der Waals surface area contributed by atoms with E-state index in [0.717, 1.165) is 29.7 Å². The number of rotatable bonds is 5. The molecule has 2 N–H and O–H groups in total. The van der Waals surface area contributed by atoms with Gasteiger partial charge in [-0.1, -0.05) is 6.92 Å². The number of hydrogen-bond acceptors (Lipinski definition) is 4. The first-order valence-corrected chi connectivity index (χ1v) is 7.53. The average Bonchev–Trinajstić information content (AvgIpc) is 3.16. The summed E-state index contributed by atoms with van der Waals surface area (Å²) in [4.78, 5) is 16.5. The number of aromatic nitrogens is 3. The Hall–Kier alpha value is -2.89. The van der Waals surface area contributed by atoms with E-state index in [9.17, 15) is 4.79 Å². The molecule has 3 heterocycles. The first kappa shape index (κ1) is 15.0. The summed E-state index contributed by atoms with van der Waals surface area (Å²) in [5.74, 6) is 0.981. The predicted octanol–water partition coefficient (Wildman–Crippen LogP) is 3.58. The lowest BCUT2D eigenvalue weighted by Crippen LogP contribution is -2.14. The Bertz CT molecular complexity index is 805. The molecule has 0 aliphatic rings. The molecule has 0 aliphatic carbocycles. The van der Waals surface area contributed by atoms with Crippen molar-refractivity contribution < 1.29 is 9.21 Å². The molecule has 0 saturated carbocycles. The van der Waals surface area contributed by atoms with Crippen LogP contribution in [0, 0.1) is 6.92 Å². The third-order valence-corrected chi connectivity index (χ3v) is 3.62. The molecule has 0 aromatic carbocycles. The number of nitrogens with zero attached hydrogens (tertiary/aromatic N) is 2. The highest BCUT2D eigenvalue weighted by Gasteiger charge is 2.19. The zero-order valence-corrected chi connectivity index (χ0v) is 13.1. The summed E-state index contributed by atoms with van der Waals surface area (Å²) in [6.45, 7) is 3.96. The number of carbonyl (C=O) groups excluding carboxylic acids is 1. The van der Waals surface area contributed by atoms with Crippen LogP contribution in [0.3, 0.4) is 0 Å². The second-order valence-electron chi connectivity index (χ2n) is 5.27. The summed E-state index contributed by atoms with van der Waals surface area (Å²) in [5, 5.41) is 10.00. The standard InChI is InChI=1S/C17H18N4O2/c1-3-4-14-13(7-10-23-14)17(22)19-16-15(11(2)20-21-16)12-5-8-18-9-6-12/h5-10H,3-4H2,1-2H3,(H2,19,20,21,22). The third kappa shape index (κ3) is 3.01. The van der Waals surface area contributed by atoms with Gasteiger partial charge < -0.3 is 9.73 Å². The molecule has 0 aliphatic heterocycles. The van der Waals surface area contributed by atoms with Gasteiger partial charge >= 0.3 is 0 Å². The number of aryl methyl sites for hydroxylation is 2. The van der Waals surface area contributed by atoms with E-state index in [1.165, 1.54) is 0 Å². The van der Waals surface area contributed by atoms with Crippen LogP contribution in [0.1, 0.15) is 35.2 Å². The third-order valence-electron chi connectivity index (χ3n) is 3.62. The highest BCUT2D eigenvalue weighted by Crippen LogP contribution is 2.29. The van der Waals surface area contributed by atoms with Gasteiger partial charge in [0, 0.05) is 30.1 Å². The molecule has 0 bridgehead atoms. The monoisotopic (exact) mass is 310 g/mol. The summed E-state index contributed by atoms with van der Waals surface area (Å²) in [6.07, 6.45) is 6.61. The van der Waals surface area contributed by atoms with E-state index in [0.29, 0.717) is 17.1 Å². The predicted molar refractivity (Wildman–Crippen MR) is 87.2 cm³/mol. The number of amides is 1. The fourth-order valence-electron chi connectivity index (χ4n) is 2.53. The van der Waals surface area contributed by atoms with Crippen molar-refractivity contribution in [2.45, 2.75) is 26.7 Å². The zero-order chi connectivity index (χ0) is 16.2. The molecule has 6 nitrogen and oxygen atoms in total. The quantitative estimate of drug-likeness (QED) is 0.754. The van der Waals surface area contributed by atoms with Gasteiger partial charge in [0.25, 0.3) is 5.91 Å². The Morgan fingerprint density at radius 1 is 1.30 bits per heavy atom. The van der Waals surface area contributed by atoms with Crippen molar-refractivity contribution in [2.75, 3.05) is 5.32 Å². The molecular weight excluding hydrogens is 292 g/mol. The number of hydrogen-bond donors (Lipinski definition) is 2. The topological polar surface area (TPSA) is 83.8 Å². The lowest BCUT2D eigenvalue weighted by molar-refractivity contribution is 0.102. The number of nitrogens with one attached hydrogen (secondary N) is 2. The van der Waals surface area contributed by atoms with E-state index < -0.39 is 0 Å². The fourth-order valence-corrected chi connectivity index (χ4v) is 2.53. The Kier molecular flexibility index (Phi) is 4.23. The van der Waals surface area contributed by atoms with Crippen molar-refractivity contribution in [1.29, 1.82) is 0 Å². The minimum Gasteiger partial charge on any atom is -0.469 e. The highest BCUT2D eigenvalue weighted by atomic mass is 16.3. The molecule has 3 rings (SSSR count). The summed E-state index contributed by atoms with van der Waals surface area (Å²) >= 11 is 0. The maximum Gasteiger partial charge on any atom is 0.260 e. The van der Waals surface area contributed by atoms with Gasteiger partial charge in [-0.05, 0) is 37.1 Å². The minimum atomic E-state index is -0.219. The zero-order valence-electron chi connectivity index (χ0n) is 13.1. The van der Waals surface area contributed by atoms with Crippen LogP contribution in [-0.2, 0) is 6.42 Å². The van der Waals surface area contributed by atoms with Gasteiger partial charge in [-0.3, -0.25) is 14.9 Å². The van der Waals surface area contributed by atoms with E-state index in [-0.39, 0.29) is 5.91 Å². The number of aromatic amines is 1. The summed E-state index contributed by atoms with van der Waals surface area (Å²) in [5.41, 5.74) is 3.24.